The zero-order chi connectivity index (χ0) is 23.4. The Morgan fingerprint density at radius 3 is 2.75 bits per heavy atom. The Morgan fingerprint density at radius 2 is 2.09 bits per heavy atom. The molecule has 1 N–H and O–H groups in total. The first-order valence-corrected chi connectivity index (χ1v) is 10.1. The molecule has 7 nitrogen and oxygen atoms in total. The van der Waals surface area contributed by atoms with Gasteiger partial charge in [0.1, 0.15) is 23.3 Å². The fourth-order valence-corrected chi connectivity index (χ4v) is 3.50. The first kappa shape index (κ1) is 23.3. The van der Waals surface area contributed by atoms with Crippen LogP contribution in [0.1, 0.15) is 24.0 Å². The number of nitriles is 1. The smallest absolute Gasteiger partial charge is 0.256 e. The van der Waals surface area contributed by atoms with Crippen LogP contribution in [-0.2, 0) is 24.3 Å². The van der Waals surface area contributed by atoms with Crippen LogP contribution < -0.4 is 5.32 Å². The molecular formula is C21H20ClF3N6O. The van der Waals surface area contributed by atoms with Crippen LogP contribution in [0.3, 0.4) is 0 Å². The number of halogens is 4. The number of amides is 1. The highest BCUT2D eigenvalue weighted by atomic mass is 35.5. The molecule has 0 aliphatic heterocycles. The lowest BCUT2D eigenvalue weighted by Crippen LogP contribution is -2.36. The van der Waals surface area contributed by atoms with Crippen molar-refractivity contribution < 1.29 is 18.0 Å². The lowest BCUT2D eigenvalue weighted by molar-refractivity contribution is -0.121. The molecular weight excluding hydrogens is 445 g/mol. The largest absolute Gasteiger partial charge is 0.351 e. The average molecular weight is 465 g/mol. The maximum absolute atomic E-state index is 14.0. The number of benzene rings is 1. The minimum Gasteiger partial charge on any atom is -0.351 e. The van der Waals surface area contributed by atoms with Crippen molar-refractivity contribution in [1.29, 1.82) is 5.26 Å². The van der Waals surface area contributed by atoms with E-state index in [4.69, 9.17) is 16.9 Å². The van der Waals surface area contributed by atoms with Crippen molar-refractivity contribution in [3.63, 3.8) is 0 Å². The fourth-order valence-electron chi connectivity index (χ4n) is 3.25. The first-order chi connectivity index (χ1) is 15.2. The second kappa shape index (κ2) is 9.87. The standard InChI is InChI=1S/C21H20ClF3N6O/c1-12(27-21(32)7-15-10-30(11-20(24)25)13(2)28-15)9-31-4-3-19(29-31)14-5-17(22)16(8-26)18(23)6-14/h3-6,10,12,20H,7,9,11H2,1-2H3,(H,27,32)/t12-/m0/s1. The van der Waals surface area contributed by atoms with Crippen molar-refractivity contribution in [2.75, 3.05) is 0 Å². The van der Waals surface area contributed by atoms with Crippen molar-refractivity contribution in [1.82, 2.24) is 24.6 Å². The number of imidazole rings is 1. The SMILES string of the molecule is Cc1nc(CC(=O)N[C@@H](C)Cn2ccc(-c3cc(F)c(C#N)c(Cl)c3)n2)cn1CC(F)F. The van der Waals surface area contributed by atoms with Crippen molar-refractivity contribution in [2.45, 2.75) is 45.8 Å². The molecule has 32 heavy (non-hydrogen) atoms. The Labute approximate surface area is 187 Å². The zero-order valence-electron chi connectivity index (χ0n) is 17.3. The van der Waals surface area contributed by atoms with E-state index in [-0.39, 0.29) is 29.0 Å². The molecule has 1 atom stereocenters. The monoisotopic (exact) mass is 464 g/mol. The van der Waals surface area contributed by atoms with Gasteiger partial charge in [-0.3, -0.25) is 9.48 Å². The number of hydrogen-bond donors (Lipinski definition) is 1. The number of carbonyl (C=O) groups is 1. The molecule has 2 heterocycles. The maximum Gasteiger partial charge on any atom is 0.256 e. The van der Waals surface area contributed by atoms with Crippen LogP contribution in [0.25, 0.3) is 11.3 Å². The van der Waals surface area contributed by atoms with E-state index in [0.29, 0.717) is 29.3 Å². The number of hydrogen-bond acceptors (Lipinski definition) is 4. The van der Waals surface area contributed by atoms with Crippen LogP contribution in [0.4, 0.5) is 13.2 Å². The van der Waals surface area contributed by atoms with Gasteiger partial charge < -0.3 is 9.88 Å². The van der Waals surface area contributed by atoms with Gasteiger partial charge in [-0.15, -0.1) is 0 Å². The van der Waals surface area contributed by atoms with Crippen LogP contribution in [0.5, 0.6) is 0 Å². The predicted octanol–water partition coefficient (Wildman–Crippen LogP) is 3.73. The summed E-state index contributed by atoms with van der Waals surface area (Å²) in [7, 11) is 0. The molecule has 3 aromatic rings. The van der Waals surface area contributed by atoms with E-state index in [9.17, 15) is 18.0 Å². The molecule has 0 fully saturated rings. The molecule has 3 rings (SSSR count). The van der Waals surface area contributed by atoms with Crippen molar-refractivity contribution in [3.05, 3.63) is 58.5 Å². The molecule has 0 saturated carbocycles. The highest BCUT2D eigenvalue weighted by Gasteiger charge is 2.15. The Hall–Kier alpha value is -3.32. The third kappa shape index (κ3) is 5.68. The van der Waals surface area contributed by atoms with Crippen LogP contribution in [0, 0.1) is 24.1 Å². The Morgan fingerprint density at radius 1 is 1.34 bits per heavy atom. The van der Waals surface area contributed by atoms with Gasteiger partial charge in [0.25, 0.3) is 6.43 Å². The van der Waals surface area contributed by atoms with E-state index in [1.165, 1.54) is 22.9 Å². The molecule has 11 heteroatoms. The molecule has 1 aromatic carbocycles. The molecule has 0 unspecified atom stereocenters. The summed E-state index contributed by atoms with van der Waals surface area (Å²) >= 11 is 5.95. The molecule has 0 aliphatic carbocycles. The van der Waals surface area contributed by atoms with E-state index in [1.807, 2.05) is 0 Å². The predicted molar refractivity (Wildman–Crippen MR) is 112 cm³/mol. The summed E-state index contributed by atoms with van der Waals surface area (Å²) in [4.78, 5) is 16.4. The van der Waals surface area contributed by atoms with Gasteiger partial charge in [0.05, 0.1) is 35.9 Å². The second-order valence-electron chi connectivity index (χ2n) is 7.32. The second-order valence-corrected chi connectivity index (χ2v) is 7.73. The van der Waals surface area contributed by atoms with Crippen molar-refractivity contribution in [3.8, 4) is 17.3 Å². The fraction of sp³-hybridized carbons (Fsp3) is 0.333. The van der Waals surface area contributed by atoms with Gasteiger partial charge in [-0.05, 0) is 32.0 Å². The van der Waals surface area contributed by atoms with Crippen molar-refractivity contribution in [2.24, 2.45) is 0 Å². The van der Waals surface area contributed by atoms with Crippen molar-refractivity contribution >= 4 is 17.5 Å². The van der Waals surface area contributed by atoms with E-state index < -0.39 is 18.8 Å². The number of nitrogens with one attached hydrogen (secondary N) is 1. The summed E-state index contributed by atoms with van der Waals surface area (Å²) in [6, 6.07) is 5.75. The van der Waals surface area contributed by atoms with E-state index in [0.717, 1.165) is 0 Å². The van der Waals surface area contributed by atoms with Crippen LogP contribution >= 0.6 is 11.6 Å². The highest BCUT2D eigenvalue weighted by Crippen LogP contribution is 2.26. The molecule has 0 radical (unpaired) electrons. The Kier molecular flexibility index (Phi) is 7.20. The summed E-state index contributed by atoms with van der Waals surface area (Å²) in [5.41, 5.74) is 1.08. The molecule has 0 bridgehead atoms. The molecule has 168 valence electrons. The lowest BCUT2D eigenvalue weighted by Gasteiger charge is -2.13. The van der Waals surface area contributed by atoms with E-state index in [1.54, 1.807) is 36.9 Å². The van der Waals surface area contributed by atoms with E-state index in [2.05, 4.69) is 15.4 Å². The Balaban J connectivity index is 1.59. The van der Waals surface area contributed by atoms with Crippen LogP contribution in [0.2, 0.25) is 5.02 Å². The third-order valence-corrected chi connectivity index (χ3v) is 4.96. The van der Waals surface area contributed by atoms with Gasteiger partial charge in [-0.2, -0.15) is 10.4 Å². The molecule has 0 aliphatic rings. The molecule has 0 spiro atoms. The van der Waals surface area contributed by atoms with Crippen LogP contribution in [0.15, 0.2) is 30.6 Å². The summed E-state index contributed by atoms with van der Waals surface area (Å²) in [5.74, 6) is -0.603. The number of rotatable bonds is 8. The van der Waals surface area contributed by atoms with Gasteiger partial charge in [0.2, 0.25) is 5.91 Å². The topological polar surface area (TPSA) is 88.5 Å². The van der Waals surface area contributed by atoms with Gasteiger partial charge in [-0.25, -0.2) is 18.2 Å². The van der Waals surface area contributed by atoms with Crippen LogP contribution in [-0.4, -0.2) is 37.7 Å². The number of aryl methyl sites for hydroxylation is 1. The summed E-state index contributed by atoms with van der Waals surface area (Å²) in [6.45, 7) is 3.27. The average Bonchev–Trinajstić information content (AvgIpc) is 3.27. The number of nitrogens with zero attached hydrogens (tertiary/aromatic N) is 5. The van der Waals surface area contributed by atoms with Gasteiger partial charge >= 0.3 is 0 Å². The normalized spacial score (nSPS) is 12.1. The van der Waals surface area contributed by atoms with Gasteiger partial charge in [-0.1, -0.05) is 11.6 Å². The molecule has 0 saturated heterocycles. The Bertz CT molecular complexity index is 1140. The first-order valence-electron chi connectivity index (χ1n) is 9.69. The zero-order valence-corrected chi connectivity index (χ0v) is 18.1. The number of alkyl halides is 2. The minimum absolute atomic E-state index is 0.00362. The quantitative estimate of drug-likeness (QED) is 0.550. The number of carbonyl (C=O) groups excluding carboxylic acids is 1. The summed E-state index contributed by atoms with van der Waals surface area (Å²) in [5, 5.41) is 16.1. The summed E-state index contributed by atoms with van der Waals surface area (Å²) in [6.07, 6.45) is 0.597. The minimum atomic E-state index is -2.50. The lowest BCUT2D eigenvalue weighted by atomic mass is 10.1. The van der Waals surface area contributed by atoms with Gasteiger partial charge in [0, 0.05) is 24.0 Å². The highest BCUT2D eigenvalue weighted by molar-refractivity contribution is 6.32. The summed E-state index contributed by atoms with van der Waals surface area (Å²) < 4.78 is 42.0. The van der Waals surface area contributed by atoms with Gasteiger partial charge in [0.15, 0.2) is 0 Å². The molecule has 2 aromatic heterocycles. The maximum atomic E-state index is 14.0. The third-order valence-electron chi connectivity index (χ3n) is 4.66. The van der Waals surface area contributed by atoms with E-state index >= 15 is 0 Å². The molecule has 1 amide bonds. The number of aromatic nitrogens is 4.